The molecule has 1 unspecified atom stereocenters. The van der Waals surface area contributed by atoms with E-state index in [0.717, 1.165) is 37.4 Å². The number of rotatable bonds is 3. The van der Waals surface area contributed by atoms with Gasteiger partial charge in [0.05, 0.1) is 17.6 Å². The average molecular weight is 347 g/mol. The van der Waals surface area contributed by atoms with Gasteiger partial charge in [0.1, 0.15) is 0 Å². The summed E-state index contributed by atoms with van der Waals surface area (Å²) in [5.74, 6) is 0. The SMILES string of the molecule is Cc1cc(C)cc(-n2ncc(CN3CCc4ccccc4C(N)C3)n2)c1. The third-order valence-corrected chi connectivity index (χ3v) is 4.97. The fourth-order valence-electron chi connectivity index (χ4n) is 3.80. The molecule has 0 radical (unpaired) electrons. The molecule has 2 heterocycles. The van der Waals surface area contributed by atoms with Gasteiger partial charge in [0.25, 0.3) is 0 Å². The lowest BCUT2D eigenvalue weighted by Gasteiger charge is -2.21. The van der Waals surface area contributed by atoms with E-state index < -0.39 is 0 Å². The second-order valence-electron chi connectivity index (χ2n) is 7.26. The van der Waals surface area contributed by atoms with Crippen molar-refractivity contribution in [2.45, 2.75) is 32.9 Å². The summed E-state index contributed by atoms with van der Waals surface area (Å²) in [4.78, 5) is 4.10. The largest absolute Gasteiger partial charge is 0.323 e. The Labute approximate surface area is 154 Å². The third kappa shape index (κ3) is 3.54. The van der Waals surface area contributed by atoms with Gasteiger partial charge >= 0.3 is 0 Å². The van der Waals surface area contributed by atoms with Crippen molar-refractivity contribution in [3.63, 3.8) is 0 Å². The topological polar surface area (TPSA) is 60.0 Å². The minimum absolute atomic E-state index is 0.0446. The molecular weight excluding hydrogens is 322 g/mol. The summed E-state index contributed by atoms with van der Waals surface area (Å²) in [6.45, 7) is 6.79. The molecule has 5 nitrogen and oxygen atoms in total. The normalized spacial score (nSPS) is 17.7. The molecule has 2 aromatic carbocycles. The minimum atomic E-state index is 0.0446. The molecule has 1 aliphatic heterocycles. The van der Waals surface area contributed by atoms with Crippen LogP contribution in [0.25, 0.3) is 5.69 Å². The first kappa shape index (κ1) is 16.9. The first-order chi connectivity index (χ1) is 12.6. The van der Waals surface area contributed by atoms with E-state index in [4.69, 9.17) is 5.73 Å². The summed E-state index contributed by atoms with van der Waals surface area (Å²) in [5.41, 5.74) is 13.5. The Morgan fingerprint density at radius 1 is 1.12 bits per heavy atom. The summed E-state index contributed by atoms with van der Waals surface area (Å²) >= 11 is 0. The molecule has 1 atom stereocenters. The second kappa shape index (κ2) is 7.02. The van der Waals surface area contributed by atoms with E-state index in [1.807, 2.05) is 6.20 Å². The zero-order chi connectivity index (χ0) is 18.1. The number of hydrogen-bond donors (Lipinski definition) is 1. The van der Waals surface area contributed by atoms with E-state index in [1.165, 1.54) is 22.3 Å². The standard InChI is InChI=1S/C21H25N5/c1-15-9-16(2)11-19(10-15)26-23-12-18(24-26)13-25-8-7-17-5-3-4-6-20(17)21(22)14-25/h3-6,9-12,21H,7-8,13-14,22H2,1-2H3. The highest BCUT2D eigenvalue weighted by molar-refractivity contribution is 5.38. The highest BCUT2D eigenvalue weighted by atomic mass is 15.5. The monoisotopic (exact) mass is 347 g/mol. The number of hydrogen-bond acceptors (Lipinski definition) is 4. The van der Waals surface area contributed by atoms with Gasteiger partial charge in [0.2, 0.25) is 0 Å². The van der Waals surface area contributed by atoms with Crippen molar-refractivity contribution in [2.75, 3.05) is 13.1 Å². The van der Waals surface area contributed by atoms with E-state index in [2.05, 4.69) is 71.4 Å². The maximum atomic E-state index is 6.44. The predicted molar refractivity (Wildman–Crippen MR) is 103 cm³/mol. The third-order valence-electron chi connectivity index (χ3n) is 4.97. The fraction of sp³-hybridized carbons (Fsp3) is 0.333. The van der Waals surface area contributed by atoms with Crippen LogP contribution in [0.3, 0.4) is 0 Å². The van der Waals surface area contributed by atoms with Crippen LogP contribution in [0.4, 0.5) is 0 Å². The summed E-state index contributed by atoms with van der Waals surface area (Å²) in [6, 6.07) is 14.9. The first-order valence-electron chi connectivity index (χ1n) is 9.14. The molecule has 0 fully saturated rings. The Balaban J connectivity index is 1.49. The highest BCUT2D eigenvalue weighted by Crippen LogP contribution is 2.22. The van der Waals surface area contributed by atoms with Crippen LogP contribution in [0.2, 0.25) is 0 Å². The van der Waals surface area contributed by atoms with E-state index >= 15 is 0 Å². The van der Waals surface area contributed by atoms with Crippen molar-refractivity contribution in [1.29, 1.82) is 0 Å². The molecule has 4 rings (SSSR count). The number of fused-ring (bicyclic) bond motifs is 1. The Bertz CT molecular complexity index is 894. The van der Waals surface area contributed by atoms with Gasteiger partial charge in [-0.3, -0.25) is 4.90 Å². The van der Waals surface area contributed by atoms with Crippen LogP contribution >= 0.6 is 0 Å². The van der Waals surface area contributed by atoms with Crippen molar-refractivity contribution in [3.8, 4) is 5.69 Å². The Kier molecular flexibility index (Phi) is 4.57. The number of aromatic nitrogens is 3. The number of benzene rings is 2. The lowest BCUT2D eigenvalue weighted by molar-refractivity contribution is 0.257. The maximum absolute atomic E-state index is 6.44. The lowest BCUT2D eigenvalue weighted by Crippen LogP contribution is -2.31. The van der Waals surface area contributed by atoms with Crippen LogP contribution in [0.1, 0.15) is 34.0 Å². The molecule has 0 amide bonds. The zero-order valence-corrected chi connectivity index (χ0v) is 15.4. The summed E-state index contributed by atoms with van der Waals surface area (Å²) in [7, 11) is 0. The number of nitrogens with two attached hydrogens (primary N) is 1. The molecule has 26 heavy (non-hydrogen) atoms. The van der Waals surface area contributed by atoms with Gasteiger partial charge in [0.15, 0.2) is 0 Å². The Morgan fingerprint density at radius 3 is 2.69 bits per heavy atom. The van der Waals surface area contributed by atoms with Crippen molar-refractivity contribution < 1.29 is 0 Å². The lowest BCUT2D eigenvalue weighted by atomic mass is 10.0. The minimum Gasteiger partial charge on any atom is -0.323 e. The predicted octanol–water partition coefficient (Wildman–Crippen LogP) is 2.94. The van der Waals surface area contributed by atoms with Crippen molar-refractivity contribution in [3.05, 3.63) is 76.6 Å². The molecule has 5 heteroatoms. The van der Waals surface area contributed by atoms with E-state index in [1.54, 1.807) is 4.80 Å². The van der Waals surface area contributed by atoms with Gasteiger partial charge in [-0.1, -0.05) is 30.3 Å². The fourth-order valence-corrected chi connectivity index (χ4v) is 3.80. The smallest absolute Gasteiger partial charge is 0.0971 e. The molecule has 0 spiro atoms. The van der Waals surface area contributed by atoms with E-state index in [0.29, 0.717) is 0 Å². The van der Waals surface area contributed by atoms with Crippen LogP contribution in [0, 0.1) is 13.8 Å². The summed E-state index contributed by atoms with van der Waals surface area (Å²) < 4.78 is 0. The molecule has 0 aliphatic carbocycles. The molecule has 0 saturated carbocycles. The van der Waals surface area contributed by atoms with Gasteiger partial charge in [-0.2, -0.15) is 15.0 Å². The van der Waals surface area contributed by atoms with Crippen molar-refractivity contribution in [2.24, 2.45) is 5.73 Å². The van der Waals surface area contributed by atoms with Gasteiger partial charge in [-0.05, 0) is 54.7 Å². The number of aryl methyl sites for hydroxylation is 2. The van der Waals surface area contributed by atoms with Crippen LogP contribution < -0.4 is 5.73 Å². The highest BCUT2D eigenvalue weighted by Gasteiger charge is 2.20. The van der Waals surface area contributed by atoms with Crippen LogP contribution in [-0.4, -0.2) is 33.0 Å². The van der Waals surface area contributed by atoms with Gasteiger partial charge in [-0.25, -0.2) is 0 Å². The first-order valence-corrected chi connectivity index (χ1v) is 9.14. The van der Waals surface area contributed by atoms with Crippen molar-refractivity contribution >= 4 is 0 Å². The molecule has 0 bridgehead atoms. The number of nitrogens with zero attached hydrogens (tertiary/aromatic N) is 4. The van der Waals surface area contributed by atoms with Gasteiger partial charge < -0.3 is 5.73 Å². The molecule has 2 N–H and O–H groups in total. The molecule has 134 valence electrons. The van der Waals surface area contributed by atoms with Crippen LogP contribution in [0.5, 0.6) is 0 Å². The molecular formula is C21H25N5. The molecule has 1 aliphatic rings. The quantitative estimate of drug-likeness (QED) is 0.791. The second-order valence-corrected chi connectivity index (χ2v) is 7.26. The summed E-state index contributed by atoms with van der Waals surface area (Å²) in [6.07, 6.45) is 2.89. The zero-order valence-electron chi connectivity index (χ0n) is 15.4. The van der Waals surface area contributed by atoms with E-state index in [-0.39, 0.29) is 6.04 Å². The van der Waals surface area contributed by atoms with Crippen LogP contribution in [0.15, 0.2) is 48.7 Å². The molecule has 1 aromatic heterocycles. The van der Waals surface area contributed by atoms with Crippen LogP contribution in [-0.2, 0) is 13.0 Å². The maximum Gasteiger partial charge on any atom is 0.0971 e. The van der Waals surface area contributed by atoms with Gasteiger partial charge in [-0.15, -0.1) is 0 Å². The Morgan fingerprint density at radius 2 is 1.88 bits per heavy atom. The van der Waals surface area contributed by atoms with E-state index in [9.17, 15) is 0 Å². The molecule has 3 aromatic rings. The molecule has 0 saturated heterocycles. The van der Waals surface area contributed by atoms with Crippen molar-refractivity contribution in [1.82, 2.24) is 19.9 Å². The van der Waals surface area contributed by atoms with Gasteiger partial charge in [0, 0.05) is 25.7 Å². The summed E-state index contributed by atoms with van der Waals surface area (Å²) in [5, 5.41) is 9.15. The average Bonchev–Trinajstić information content (AvgIpc) is 3.01. The Hall–Kier alpha value is -2.50.